The number of halogens is 1. The van der Waals surface area contributed by atoms with Crippen LogP contribution in [0.3, 0.4) is 0 Å². The normalized spacial score (nSPS) is 11.1. The molecule has 27 heavy (non-hydrogen) atoms. The van der Waals surface area contributed by atoms with E-state index in [1.807, 2.05) is 43.3 Å². The lowest BCUT2D eigenvalue weighted by Gasteiger charge is -2.10. The van der Waals surface area contributed by atoms with Gasteiger partial charge in [0.1, 0.15) is 4.88 Å². The van der Waals surface area contributed by atoms with E-state index in [4.69, 9.17) is 21.1 Å². The number of thiophene rings is 1. The van der Waals surface area contributed by atoms with Gasteiger partial charge in [-0.05, 0) is 36.2 Å². The zero-order valence-electron chi connectivity index (χ0n) is 15.0. The Morgan fingerprint density at radius 2 is 2.07 bits per heavy atom. The highest BCUT2D eigenvalue weighted by molar-refractivity contribution is 7.21. The summed E-state index contributed by atoms with van der Waals surface area (Å²) >= 11 is 7.65. The van der Waals surface area contributed by atoms with Crippen LogP contribution in [0.15, 0.2) is 47.6 Å². The van der Waals surface area contributed by atoms with Gasteiger partial charge in [0, 0.05) is 10.1 Å². The number of amides is 1. The molecule has 0 aliphatic rings. The Labute approximate surface area is 166 Å². The van der Waals surface area contributed by atoms with E-state index in [-0.39, 0.29) is 5.91 Å². The second-order valence-corrected chi connectivity index (χ2v) is 7.13. The largest absolute Gasteiger partial charge is 0.493 e. The number of rotatable bonds is 7. The number of hydrogen-bond acceptors (Lipinski definition) is 5. The van der Waals surface area contributed by atoms with Crippen molar-refractivity contribution >= 4 is 45.1 Å². The molecule has 2 aromatic carbocycles. The van der Waals surface area contributed by atoms with Crippen LogP contribution in [0.4, 0.5) is 0 Å². The maximum absolute atomic E-state index is 12.4. The summed E-state index contributed by atoms with van der Waals surface area (Å²) in [6.07, 6.45) is 2.46. The monoisotopic (exact) mass is 402 g/mol. The molecule has 1 amide bonds. The van der Waals surface area contributed by atoms with E-state index < -0.39 is 0 Å². The molecule has 0 atom stereocenters. The highest BCUT2D eigenvalue weighted by atomic mass is 35.5. The topological polar surface area (TPSA) is 59.9 Å². The van der Waals surface area contributed by atoms with Gasteiger partial charge < -0.3 is 9.47 Å². The van der Waals surface area contributed by atoms with Crippen LogP contribution in [0.1, 0.15) is 28.6 Å². The fraction of sp³-hybridized carbons (Fsp3) is 0.200. The van der Waals surface area contributed by atoms with Crippen molar-refractivity contribution in [2.45, 2.75) is 13.3 Å². The predicted molar refractivity (Wildman–Crippen MR) is 111 cm³/mol. The number of methoxy groups -OCH3 is 1. The summed E-state index contributed by atoms with van der Waals surface area (Å²) in [6.45, 7) is 2.66. The molecular formula is C20H19ClN2O3S. The van der Waals surface area contributed by atoms with Crippen molar-refractivity contribution in [1.82, 2.24) is 5.43 Å². The minimum absolute atomic E-state index is 0.340. The van der Waals surface area contributed by atoms with E-state index in [1.165, 1.54) is 11.3 Å². The predicted octanol–water partition coefficient (Wildman–Crippen LogP) is 5.12. The van der Waals surface area contributed by atoms with Crippen molar-refractivity contribution < 1.29 is 14.3 Å². The van der Waals surface area contributed by atoms with Crippen LogP contribution in [0.25, 0.3) is 10.1 Å². The van der Waals surface area contributed by atoms with Crippen LogP contribution in [-0.2, 0) is 0 Å². The number of nitrogens with zero attached hydrogens (tertiary/aromatic N) is 1. The van der Waals surface area contributed by atoms with Gasteiger partial charge in [-0.15, -0.1) is 11.3 Å². The zero-order valence-corrected chi connectivity index (χ0v) is 16.6. The van der Waals surface area contributed by atoms with Gasteiger partial charge in [0.2, 0.25) is 0 Å². The van der Waals surface area contributed by atoms with Crippen LogP contribution < -0.4 is 14.9 Å². The first-order chi connectivity index (χ1) is 13.1. The third kappa shape index (κ3) is 4.40. The number of nitrogens with one attached hydrogen (secondary N) is 1. The summed E-state index contributed by atoms with van der Waals surface area (Å²) in [4.78, 5) is 12.8. The lowest BCUT2D eigenvalue weighted by Crippen LogP contribution is -2.16. The van der Waals surface area contributed by atoms with Crippen LogP contribution in [-0.4, -0.2) is 25.8 Å². The maximum Gasteiger partial charge on any atom is 0.283 e. The number of carbonyl (C=O) groups excluding carboxylic acids is 1. The molecule has 1 aromatic heterocycles. The summed E-state index contributed by atoms with van der Waals surface area (Å²) in [5.74, 6) is 0.955. The molecule has 1 N–H and O–H groups in total. The maximum atomic E-state index is 12.4. The van der Waals surface area contributed by atoms with Crippen molar-refractivity contribution in [3.8, 4) is 11.5 Å². The Morgan fingerprint density at radius 3 is 2.81 bits per heavy atom. The Morgan fingerprint density at radius 1 is 1.26 bits per heavy atom. The Kier molecular flexibility index (Phi) is 6.32. The standard InChI is InChI=1S/C20H19ClN2O3S/c1-3-10-26-15-9-8-13(11-16(15)25-2)12-22-23-20(24)19-18(21)14-6-4-5-7-17(14)27-19/h4-9,11-12H,3,10H2,1-2H3,(H,23,24)/b22-12-. The molecule has 1 heterocycles. The van der Waals surface area contributed by atoms with Crippen molar-refractivity contribution in [2.75, 3.05) is 13.7 Å². The van der Waals surface area contributed by atoms with Gasteiger partial charge in [0.25, 0.3) is 5.91 Å². The molecule has 0 aliphatic carbocycles. The average molecular weight is 403 g/mol. The molecule has 0 saturated heterocycles. The van der Waals surface area contributed by atoms with E-state index in [9.17, 15) is 4.79 Å². The summed E-state index contributed by atoms with van der Waals surface area (Å²) in [5, 5.41) is 5.34. The van der Waals surface area contributed by atoms with Gasteiger partial charge >= 0.3 is 0 Å². The highest BCUT2D eigenvalue weighted by Gasteiger charge is 2.16. The molecule has 140 valence electrons. The van der Waals surface area contributed by atoms with E-state index in [1.54, 1.807) is 19.4 Å². The fourth-order valence-corrected chi connectivity index (χ4v) is 3.88. The van der Waals surface area contributed by atoms with E-state index in [2.05, 4.69) is 10.5 Å². The second-order valence-electron chi connectivity index (χ2n) is 5.70. The number of benzene rings is 2. The smallest absolute Gasteiger partial charge is 0.283 e. The van der Waals surface area contributed by atoms with Gasteiger partial charge in [-0.3, -0.25) is 4.79 Å². The number of hydrazone groups is 1. The molecule has 0 spiro atoms. The molecule has 0 unspecified atom stereocenters. The number of hydrogen-bond donors (Lipinski definition) is 1. The third-order valence-corrected chi connectivity index (χ3v) is 5.44. The molecule has 0 fully saturated rings. The van der Waals surface area contributed by atoms with Crippen molar-refractivity contribution in [3.05, 3.63) is 57.9 Å². The fourth-order valence-electron chi connectivity index (χ4n) is 2.47. The molecule has 3 rings (SSSR count). The third-order valence-electron chi connectivity index (χ3n) is 3.77. The molecule has 7 heteroatoms. The quantitative estimate of drug-likeness (QED) is 0.441. The van der Waals surface area contributed by atoms with E-state index in [0.29, 0.717) is 28.0 Å². The molecule has 5 nitrogen and oxygen atoms in total. The number of carbonyl (C=O) groups is 1. The Hall–Kier alpha value is -2.57. The summed E-state index contributed by atoms with van der Waals surface area (Å²) in [5.41, 5.74) is 3.30. The molecule has 3 aromatic rings. The van der Waals surface area contributed by atoms with Gasteiger partial charge in [-0.2, -0.15) is 5.10 Å². The number of fused-ring (bicyclic) bond motifs is 1. The highest BCUT2D eigenvalue weighted by Crippen LogP contribution is 2.35. The van der Waals surface area contributed by atoms with Crippen LogP contribution in [0.2, 0.25) is 5.02 Å². The summed E-state index contributed by atoms with van der Waals surface area (Å²) in [7, 11) is 1.58. The second kappa shape index (κ2) is 8.88. The minimum Gasteiger partial charge on any atom is -0.493 e. The average Bonchev–Trinajstić information content (AvgIpc) is 3.03. The summed E-state index contributed by atoms with van der Waals surface area (Å²) < 4.78 is 11.9. The van der Waals surface area contributed by atoms with Crippen molar-refractivity contribution in [1.29, 1.82) is 0 Å². The molecular weight excluding hydrogens is 384 g/mol. The van der Waals surface area contributed by atoms with Crippen molar-refractivity contribution in [2.24, 2.45) is 5.10 Å². The van der Waals surface area contributed by atoms with Crippen LogP contribution in [0, 0.1) is 0 Å². The van der Waals surface area contributed by atoms with E-state index in [0.717, 1.165) is 22.1 Å². The minimum atomic E-state index is -0.340. The van der Waals surface area contributed by atoms with Crippen LogP contribution >= 0.6 is 22.9 Å². The lowest BCUT2D eigenvalue weighted by molar-refractivity contribution is 0.0959. The lowest BCUT2D eigenvalue weighted by atomic mass is 10.2. The van der Waals surface area contributed by atoms with Gasteiger partial charge in [-0.1, -0.05) is 36.7 Å². The first kappa shape index (κ1) is 19.2. The zero-order chi connectivity index (χ0) is 19.2. The Balaban J connectivity index is 1.71. The van der Waals surface area contributed by atoms with Gasteiger partial charge in [0.05, 0.1) is 25.0 Å². The molecule has 0 radical (unpaired) electrons. The van der Waals surface area contributed by atoms with Crippen molar-refractivity contribution in [3.63, 3.8) is 0 Å². The first-order valence-corrected chi connectivity index (χ1v) is 9.64. The first-order valence-electron chi connectivity index (χ1n) is 8.45. The van der Waals surface area contributed by atoms with Gasteiger partial charge in [-0.25, -0.2) is 5.43 Å². The molecule has 0 aliphatic heterocycles. The van der Waals surface area contributed by atoms with E-state index >= 15 is 0 Å². The molecule has 0 bridgehead atoms. The van der Waals surface area contributed by atoms with Crippen LogP contribution in [0.5, 0.6) is 11.5 Å². The number of ether oxygens (including phenoxy) is 2. The Bertz CT molecular complexity index is 985. The SMILES string of the molecule is CCCOc1ccc(/C=N\NC(=O)c2sc3ccccc3c2Cl)cc1OC. The van der Waals surface area contributed by atoms with Gasteiger partial charge in [0.15, 0.2) is 11.5 Å². The summed E-state index contributed by atoms with van der Waals surface area (Å²) in [6, 6.07) is 13.1. The molecule has 0 saturated carbocycles.